The van der Waals surface area contributed by atoms with Gasteiger partial charge in [0.05, 0.1) is 5.56 Å². The van der Waals surface area contributed by atoms with E-state index in [4.69, 9.17) is 4.74 Å². The molecule has 0 bridgehead atoms. The number of anilines is 1. The Morgan fingerprint density at radius 2 is 1.91 bits per heavy atom. The van der Waals surface area contributed by atoms with Crippen molar-refractivity contribution in [1.82, 2.24) is 29.7 Å². The van der Waals surface area contributed by atoms with Crippen LogP contribution in [0.3, 0.4) is 0 Å². The van der Waals surface area contributed by atoms with Gasteiger partial charge in [0.2, 0.25) is 0 Å². The minimum absolute atomic E-state index is 0.0758. The lowest BCUT2D eigenvalue weighted by atomic mass is 9.98. The number of hydrogen-bond acceptors (Lipinski definition) is 7. The molecule has 0 saturated carbocycles. The summed E-state index contributed by atoms with van der Waals surface area (Å²) in [4.78, 5) is 27.8. The van der Waals surface area contributed by atoms with Gasteiger partial charge in [-0.15, -0.1) is 10.2 Å². The summed E-state index contributed by atoms with van der Waals surface area (Å²) in [6.07, 6.45) is 6.61. The minimum Gasteiger partial charge on any atom is -0.472 e. The van der Waals surface area contributed by atoms with E-state index in [9.17, 15) is 4.79 Å². The van der Waals surface area contributed by atoms with Crippen molar-refractivity contribution >= 4 is 11.7 Å². The number of benzene rings is 1. The van der Waals surface area contributed by atoms with Crippen LogP contribution in [0.1, 0.15) is 35.8 Å². The Kier molecular flexibility index (Phi) is 4.85. The van der Waals surface area contributed by atoms with Crippen molar-refractivity contribution in [2.75, 3.05) is 11.6 Å². The van der Waals surface area contributed by atoms with E-state index in [1.165, 1.54) is 11.2 Å². The molecule has 1 aromatic carbocycles. The first-order chi connectivity index (χ1) is 15.5. The predicted octanol–water partition coefficient (Wildman–Crippen LogP) is 3.68. The number of ether oxygens (including phenoxy) is 1. The second kappa shape index (κ2) is 7.84. The normalized spacial score (nSPS) is 13.2. The molecule has 1 amide bonds. The molecule has 160 valence electrons. The number of fused-ring (bicyclic) bond motifs is 1. The van der Waals surface area contributed by atoms with Crippen molar-refractivity contribution in [1.29, 1.82) is 0 Å². The molecule has 0 N–H and O–H groups in total. The number of amides is 1. The third kappa shape index (κ3) is 3.37. The van der Waals surface area contributed by atoms with Gasteiger partial charge in [-0.2, -0.15) is 0 Å². The summed E-state index contributed by atoms with van der Waals surface area (Å²) in [5.74, 6) is 1.51. The molecule has 1 aliphatic rings. The van der Waals surface area contributed by atoms with Gasteiger partial charge in [0.1, 0.15) is 29.9 Å². The lowest BCUT2D eigenvalue weighted by Crippen LogP contribution is -2.39. The maximum absolute atomic E-state index is 13.4. The first-order valence-electron chi connectivity index (χ1n) is 10.2. The van der Waals surface area contributed by atoms with Crippen LogP contribution in [0.15, 0.2) is 55.4 Å². The number of nitrogens with zero attached hydrogens (tertiary/aromatic N) is 7. The van der Waals surface area contributed by atoms with Gasteiger partial charge >= 0.3 is 0 Å². The fourth-order valence-corrected chi connectivity index (χ4v) is 3.73. The maximum atomic E-state index is 13.4. The maximum Gasteiger partial charge on any atom is 0.265 e. The lowest BCUT2D eigenvalue weighted by Gasteiger charge is -2.29. The molecular weight excluding hydrogens is 406 g/mol. The number of aryl methyl sites for hydroxylation is 1. The summed E-state index contributed by atoms with van der Waals surface area (Å²) in [6.45, 7) is 6.14. The van der Waals surface area contributed by atoms with Gasteiger partial charge in [-0.1, -0.05) is 6.07 Å². The first-order valence-corrected chi connectivity index (χ1v) is 10.2. The molecule has 4 aromatic rings. The van der Waals surface area contributed by atoms with Gasteiger partial charge in [-0.3, -0.25) is 9.69 Å². The first kappa shape index (κ1) is 19.8. The zero-order chi connectivity index (χ0) is 22.2. The number of pyridine rings is 1. The monoisotopic (exact) mass is 427 g/mol. The molecule has 3 aromatic heterocycles. The van der Waals surface area contributed by atoms with Gasteiger partial charge in [-0.25, -0.2) is 15.0 Å². The van der Waals surface area contributed by atoms with E-state index >= 15 is 0 Å². The van der Waals surface area contributed by atoms with Gasteiger partial charge in [-0.05, 0) is 56.2 Å². The Morgan fingerprint density at radius 1 is 1.09 bits per heavy atom. The average molecular weight is 427 g/mol. The Bertz CT molecular complexity index is 1300. The highest BCUT2D eigenvalue weighted by Crippen LogP contribution is 2.34. The molecule has 9 nitrogen and oxygen atoms in total. The van der Waals surface area contributed by atoms with Crippen molar-refractivity contribution < 1.29 is 9.53 Å². The van der Waals surface area contributed by atoms with Gasteiger partial charge < -0.3 is 9.30 Å². The molecule has 4 heterocycles. The van der Waals surface area contributed by atoms with Crippen LogP contribution in [-0.4, -0.2) is 42.4 Å². The summed E-state index contributed by atoms with van der Waals surface area (Å²) >= 11 is 0. The molecule has 1 aliphatic heterocycles. The van der Waals surface area contributed by atoms with Crippen LogP contribution in [0.2, 0.25) is 0 Å². The minimum atomic E-state index is -0.181. The van der Waals surface area contributed by atoms with Crippen LogP contribution >= 0.6 is 0 Å². The molecule has 0 saturated heterocycles. The predicted molar refractivity (Wildman–Crippen MR) is 118 cm³/mol. The van der Waals surface area contributed by atoms with E-state index in [2.05, 4.69) is 25.1 Å². The van der Waals surface area contributed by atoms with Crippen LogP contribution < -0.4 is 9.64 Å². The molecule has 0 aliphatic carbocycles. The van der Waals surface area contributed by atoms with Gasteiger partial charge in [0, 0.05) is 24.0 Å². The number of hydrogen-bond donors (Lipinski definition) is 0. The van der Waals surface area contributed by atoms with Crippen LogP contribution in [0.5, 0.6) is 5.75 Å². The van der Waals surface area contributed by atoms with E-state index in [0.29, 0.717) is 28.6 Å². The molecule has 0 spiro atoms. The summed E-state index contributed by atoms with van der Waals surface area (Å²) in [5, 5.41) is 8.22. The van der Waals surface area contributed by atoms with Crippen LogP contribution in [0, 0.1) is 6.92 Å². The van der Waals surface area contributed by atoms with E-state index < -0.39 is 0 Å². The Labute approximate surface area is 184 Å². The fourth-order valence-electron chi connectivity index (χ4n) is 3.73. The highest BCUT2D eigenvalue weighted by molar-refractivity contribution is 6.09. The quantitative estimate of drug-likeness (QED) is 0.490. The highest BCUT2D eigenvalue weighted by atomic mass is 16.5. The lowest BCUT2D eigenvalue weighted by molar-refractivity contribution is 0.0936. The van der Waals surface area contributed by atoms with E-state index in [1.807, 2.05) is 49.6 Å². The van der Waals surface area contributed by atoms with Crippen molar-refractivity contribution in [2.45, 2.75) is 26.8 Å². The summed E-state index contributed by atoms with van der Waals surface area (Å²) in [6, 6.07) is 9.37. The zero-order valence-electron chi connectivity index (χ0n) is 17.9. The van der Waals surface area contributed by atoms with Gasteiger partial charge in [0.15, 0.2) is 12.6 Å². The zero-order valence-corrected chi connectivity index (χ0v) is 17.9. The Hall–Kier alpha value is -4.14. The molecular formula is C23H21N7O2. The van der Waals surface area contributed by atoms with Crippen molar-refractivity contribution in [3.8, 4) is 28.4 Å². The van der Waals surface area contributed by atoms with Crippen LogP contribution in [0.4, 0.5) is 5.82 Å². The van der Waals surface area contributed by atoms with E-state index in [-0.39, 0.29) is 18.7 Å². The largest absolute Gasteiger partial charge is 0.472 e. The van der Waals surface area contributed by atoms with Crippen LogP contribution in [0.25, 0.3) is 22.6 Å². The third-order valence-corrected chi connectivity index (χ3v) is 5.39. The molecule has 32 heavy (non-hydrogen) atoms. The number of rotatable bonds is 4. The molecule has 0 fully saturated rings. The summed E-state index contributed by atoms with van der Waals surface area (Å²) in [7, 11) is 0. The third-order valence-electron chi connectivity index (χ3n) is 5.39. The SMILES string of the molecule is Cc1cc2c(cc1-c1cncnc1)C(=O)N(c1cccc(-c3nncn3C(C)C)n1)CO2. The molecule has 0 radical (unpaired) electrons. The number of carbonyl (C=O) groups is 1. The highest BCUT2D eigenvalue weighted by Gasteiger charge is 2.29. The number of carbonyl (C=O) groups excluding carboxylic acids is 1. The molecule has 0 unspecified atom stereocenters. The fraction of sp³-hybridized carbons (Fsp3) is 0.217. The Balaban J connectivity index is 1.52. The molecule has 5 rings (SSSR count). The van der Waals surface area contributed by atoms with E-state index in [1.54, 1.807) is 24.8 Å². The van der Waals surface area contributed by atoms with Crippen molar-refractivity contribution in [3.63, 3.8) is 0 Å². The second-order valence-electron chi connectivity index (χ2n) is 7.83. The van der Waals surface area contributed by atoms with Gasteiger partial charge in [0.25, 0.3) is 5.91 Å². The summed E-state index contributed by atoms with van der Waals surface area (Å²) in [5.41, 5.74) is 3.81. The second-order valence-corrected chi connectivity index (χ2v) is 7.83. The molecule has 0 atom stereocenters. The van der Waals surface area contributed by atoms with E-state index in [0.717, 1.165) is 16.7 Å². The van der Waals surface area contributed by atoms with Crippen molar-refractivity contribution in [2.24, 2.45) is 0 Å². The summed E-state index contributed by atoms with van der Waals surface area (Å²) < 4.78 is 7.86. The van der Waals surface area contributed by atoms with Crippen molar-refractivity contribution in [3.05, 3.63) is 66.5 Å². The van der Waals surface area contributed by atoms with Crippen LogP contribution in [-0.2, 0) is 0 Å². The standard InChI is InChI=1S/C23H21N7O2/c1-14(2)29-12-26-28-22(29)19-5-4-6-21(27-19)30-13-32-20-7-15(3)17(8-18(20)23(30)31)16-9-24-11-25-10-16/h4-12,14H,13H2,1-3H3. The average Bonchev–Trinajstić information content (AvgIpc) is 3.30. The topological polar surface area (TPSA) is 98.9 Å². The molecule has 9 heteroatoms. The number of aromatic nitrogens is 6. The Morgan fingerprint density at radius 3 is 2.69 bits per heavy atom. The smallest absolute Gasteiger partial charge is 0.265 e.